The number of nitrogens with zero attached hydrogens (tertiary/aromatic N) is 3. The van der Waals surface area contributed by atoms with Crippen molar-refractivity contribution < 1.29 is 5.11 Å². The molecule has 0 saturated heterocycles. The van der Waals surface area contributed by atoms with Crippen LogP contribution in [0.25, 0.3) is 22.3 Å². The SMILES string of the molecule is CNCCn1nc2c3c(c(NCCNC(C)O)ccc31)Sc1cccnc1-2. The van der Waals surface area contributed by atoms with Crippen molar-refractivity contribution in [1.82, 2.24) is 25.4 Å². The lowest BCUT2D eigenvalue weighted by Gasteiger charge is -2.18. The Morgan fingerprint density at radius 2 is 2.07 bits per heavy atom. The topological polar surface area (TPSA) is 87.0 Å². The summed E-state index contributed by atoms with van der Waals surface area (Å²) in [5.74, 6) is 0. The summed E-state index contributed by atoms with van der Waals surface area (Å²) in [5.41, 5.74) is 4.13. The highest BCUT2D eigenvalue weighted by Gasteiger charge is 2.26. The molecule has 8 heteroatoms. The van der Waals surface area contributed by atoms with Crippen molar-refractivity contribution in [3.63, 3.8) is 0 Å². The molecule has 0 bridgehead atoms. The number of pyridine rings is 1. The van der Waals surface area contributed by atoms with Gasteiger partial charge in [0.05, 0.1) is 12.1 Å². The molecule has 0 saturated carbocycles. The first-order valence-corrected chi connectivity index (χ1v) is 9.97. The molecule has 1 atom stereocenters. The van der Waals surface area contributed by atoms with Crippen LogP contribution in [0.2, 0.25) is 0 Å². The van der Waals surface area contributed by atoms with Crippen LogP contribution in [-0.4, -0.2) is 52.8 Å². The van der Waals surface area contributed by atoms with Crippen molar-refractivity contribution in [3.05, 3.63) is 30.5 Å². The Hall–Kier alpha value is -2.13. The van der Waals surface area contributed by atoms with E-state index in [9.17, 15) is 5.11 Å². The molecule has 3 heterocycles. The standard InChI is InChI=1S/C19H24N6OS/c1-12(26)21-8-9-22-13-5-6-14-16-18(24-25(14)11-10-20-2)17-15(27-19(13)16)4-3-7-23-17/h3-7,12,20-22,26H,8-11H2,1-2H3. The first kappa shape index (κ1) is 18.2. The van der Waals surface area contributed by atoms with Gasteiger partial charge < -0.3 is 15.7 Å². The number of aliphatic hydroxyl groups excluding tert-OH is 1. The molecule has 27 heavy (non-hydrogen) atoms. The minimum absolute atomic E-state index is 0.503. The van der Waals surface area contributed by atoms with Crippen LogP contribution in [0.1, 0.15) is 6.92 Å². The number of aliphatic hydroxyl groups is 1. The van der Waals surface area contributed by atoms with Gasteiger partial charge in [-0.1, -0.05) is 11.8 Å². The van der Waals surface area contributed by atoms with Crippen LogP contribution in [-0.2, 0) is 6.54 Å². The van der Waals surface area contributed by atoms with Crippen LogP contribution >= 0.6 is 11.8 Å². The predicted molar refractivity (Wildman–Crippen MR) is 109 cm³/mol. The normalized spacial score (nSPS) is 13.6. The smallest absolute Gasteiger partial charge is 0.121 e. The van der Waals surface area contributed by atoms with E-state index in [1.54, 1.807) is 18.7 Å². The number of hydrogen-bond donors (Lipinski definition) is 4. The summed E-state index contributed by atoms with van der Waals surface area (Å²) in [7, 11) is 1.95. The van der Waals surface area contributed by atoms with Gasteiger partial charge >= 0.3 is 0 Å². The third-order valence-corrected chi connectivity index (χ3v) is 5.71. The van der Waals surface area contributed by atoms with E-state index < -0.39 is 6.23 Å². The molecule has 0 aliphatic carbocycles. The van der Waals surface area contributed by atoms with Crippen LogP contribution in [0.15, 0.2) is 40.3 Å². The lowest BCUT2D eigenvalue weighted by molar-refractivity contribution is 0.159. The maximum absolute atomic E-state index is 9.35. The molecule has 7 nitrogen and oxygen atoms in total. The van der Waals surface area contributed by atoms with E-state index in [0.717, 1.165) is 52.5 Å². The molecule has 142 valence electrons. The molecular formula is C19H24N6OS. The average Bonchev–Trinajstić information content (AvgIpc) is 3.05. The highest BCUT2D eigenvalue weighted by molar-refractivity contribution is 8.00. The second-order valence-electron chi connectivity index (χ2n) is 6.52. The van der Waals surface area contributed by atoms with Gasteiger partial charge in [0.1, 0.15) is 17.6 Å². The number of fused-ring (bicyclic) bond motifs is 2. The molecule has 0 fully saturated rings. The molecule has 3 aromatic rings. The van der Waals surface area contributed by atoms with Crippen molar-refractivity contribution in [2.24, 2.45) is 0 Å². The van der Waals surface area contributed by atoms with Crippen molar-refractivity contribution in [2.75, 3.05) is 32.0 Å². The molecule has 1 aliphatic rings. The Morgan fingerprint density at radius 3 is 2.89 bits per heavy atom. The third-order valence-electron chi connectivity index (χ3n) is 4.53. The quantitative estimate of drug-likeness (QED) is 0.273. The molecule has 2 aromatic heterocycles. The summed E-state index contributed by atoms with van der Waals surface area (Å²) in [5, 5.41) is 25.1. The second kappa shape index (κ2) is 7.85. The summed E-state index contributed by atoms with van der Waals surface area (Å²) in [4.78, 5) is 6.91. The number of hydrogen-bond acceptors (Lipinski definition) is 7. The number of likely N-dealkylation sites (N-methyl/N-ethyl adjacent to an activating group) is 1. The van der Waals surface area contributed by atoms with Gasteiger partial charge in [0.15, 0.2) is 0 Å². The zero-order chi connectivity index (χ0) is 18.8. The van der Waals surface area contributed by atoms with Crippen LogP contribution in [0.4, 0.5) is 5.69 Å². The average molecular weight is 385 g/mol. The number of anilines is 1. The van der Waals surface area contributed by atoms with Crippen molar-refractivity contribution in [2.45, 2.75) is 29.5 Å². The highest BCUT2D eigenvalue weighted by Crippen LogP contribution is 2.49. The number of benzene rings is 1. The molecule has 1 unspecified atom stereocenters. The Balaban J connectivity index is 1.74. The fourth-order valence-electron chi connectivity index (χ4n) is 3.28. The molecule has 4 N–H and O–H groups in total. The predicted octanol–water partition coefficient (Wildman–Crippen LogP) is 2.12. The first-order valence-electron chi connectivity index (χ1n) is 9.15. The fourth-order valence-corrected chi connectivity index (χ4v) is 4.44. The number of aromatic nitrogens is 3. The van der Waals surface area contributed by atoms with Crippen molar-refractivity contribution in [3.8, 4) is 11.4 Å². The lowest BCUT2D eigenvalue weighted by Crippen LogP contribution is -2.30. The van der Waals surface area contributed by atoms with Gasteiger partial charge in [-0.25, -0.2) is 0 Å². The zero-order valence-electron chi connectivity index (χ0n) is 15.5. The van der Waals surface area contributed by atoms with E-state index in [4.69, 9.17) is 5.10 Å². The van der Waals surface area contributed by atoms with E-state index in [0.29, 0.717) is 6.54 Å². The summed E-state index contributed by atoms with van der Waals surface area (Å²) in [6, 6.07) is 8.31. The van der Waals surface area contributed by atoms with Crippen LogP contribution in [0.3, 0.4) is 0 Å². The maximum atomic E-state index is 9.35. The Kier molecular flexibility index (Phi) is 5.31. The molecule has 0 spiro atoms. The van der Waals surface area contributed by atoms with E-state index in [1.165, 1.54) is 4.90 Å². The molecule has 0 radical (unpaired) electrons. The summed E-state index contributed by atoms with van der Waals surface area (Å²) >= 11 is 1.74. The van der Waals surface area contributed by atoms with Gasteiger partial charge in [-0.2, -0.15) is 5.10 Å². The van der Waals surface area contributed by atoms with Gasteiger partial charge in [0, 0.05) is 46.7 Å². The molecule has 0 amide bonds. The second-order valence-corrected chi connectivity index (χ2v) is 7.57. The van der Waals surface area contributed by atoms with Crippen LogP contribution in [0.5, 0.6) is 0 Å². The fraction of sp³-hybridized carbons (Fsp3) is 0.368. The minimum Gasteiger partial charge on any atom is -0.383 e. The Bertz CT molecular complexity index is 955. The lowest BCUT2D eigenvalue weighted by atomic mass is 10.1. The van der Waals surface area contributed by atoms with E-state index in [-0.39, 0.29) is 0 Å². The Morgan fingerprint density at radius 1 is 1.19 bits per heavy atom. The van der Waals surface area contributed by atoms with Crippen LogP contribution < -0.4 is 16.0 Å². The van der Waals surface area contributed by atoms with Gasteiger partial charge in [-0.15, -0.1) is 0 Å². The zero-order valence-corrected chi connectivity index (χ0v) is 16.3. The molecule has 1 aliphatic heterocycles. The van der Waals surface area contributed by atoms with Gasteiger partial charge in [-0.3, -0.25) is 15.0 Å². The van der Waals surface area contributed by atoms with Crippen molar-refractivity contribution >= 4 is 28.4 Å². The number of nitrogens with one attached hydrogen (secondary N) is 3. The van der Waals surface area contributed by atoms with Gasteiger partial charge in [-0.05, 0) is 38.2 Å². The Labute approximate surface area is 162 Å². The van der Waals surface area contributed by atoms with E-state index in [1.807, 2.05) is 19.3 Å². The summed E-state index contributed by atoms with van der Waals surface area (Å²) in [6.07, 6.45) is 1.32. The van der Waals surface area contributed by atoms with E-state index in [2.05, 4.69) is 43.8 Å². The molecule has 4 rings (SSSR count). The van der Waals surface area contributed by atoms with Crippen molar-refractivity contribution in [1.29, 1.82) is 0 Å². The van der Waals surface area contributed by atoms with Gasteiger partial charge in [0.2, 0.25) is 0 Å². The monoisotopic (exact) mass is 384 g/mol. The third kappa shape index (κ3) is 3.53. The summed E-state index contributed by atoms with van der Waals surface area (Å²) < 4.78 is 2.06. The number of rotatable bonds is 8. The van der Waals surface area contributed by atoms with Crippen LogP contribution in [0, 0.1) is 0 Å². The maximum Gasteiger partial charge on any atom is 0.121 e. The first-order chi connectivity index (χ1) is 13.2. The van der Waals surface area contributed by atoms with E-state index >= 15 is 0 Å². The minimum atomic E-state index is -0.503. The summed E-state index contributed by atoms with van der Waals surface area (Å²) in [6.45, 7) is 4.81. The van der Waals surface area contributed by atoms with Gasteiger partial charge in [0.25, 0.3) is 0 Å². The highest BCUT2D eigenvalue weighted by atomic mass is 32.2. The largest absolute Gasteiger partial charge is 0.383 e. The molecular weight excluding hydrogens is 360 g/mol. The molecule has 1 aromatic carbocycles.